The molecule has 0 bridgehead atoms. The van der Waals surface area contributed by atoms with Crippen molar-refractivity contribution in [2.45, 2.75) is 20.5 Å². The molecule has 2 aromatic carbocycles. The summed E-state index contributed by atoms with van der Waals surface area (Å²) in [5, 5.41) is 19.3. The summed E-state index contributed by atoms with van der Waals surface area (Å²) in [5.74, 6) is 0. The molecule has 0 aliphatic rings. The van der Waals surface area contributed by atoms with E-state index in [1.165, 1.54) is 0 Å². The first-order chi connectivity index (χ1) is 16.6. The molecule has 8 nitrogen and oxygen atoms in total. The minimum absolute atomic E-state index is 0.0742. The molecule has 35 heavy (non-hydrogen) atoms. The molecule has 0 aliphatic heterocycles. The zero-order valence-electron chi connectivity index (χ0n) is 18.3. The Labute approximate surface area is 226 Å². The molecule has 0 fully saturated rings. The Bertz CT molecular complexity index is 1370. The van der Waals surface area contributed by atoms with Crippen molar-refractivity contribution < 1.29 is 32.4 Å². The van der Waals surface area contributed by atoms with Crippen molar-refractivity contribution in [3.63, 3.8) is 0 Å². The fourth-order valence-corrected chi connectivity index (χ4v) is 3.51. The van der Waals surface area contributed by atoms with Crippen LogP contribution < -0.4 is 0 Å². The Morgan fingerprint density at radius 3 is 1.63 bits per heavy atom. The summed E-state index contributed by atoms with van der Waals surface area (Å²) in [6, 6.07) is 14.0. The molecule has 0 aliphatic carbocycles. The van der Waals surface area contributed by atoms with Crippen molar-refractivity contribution in [2.24, 2.45) is 0 Å². The number of rotatable bonds is 4. The zero-order valence-corrected chi connectivity index (χ0v) is 22.5. The van der Waals surface area contributed by atoms with Gasteiger partial charge >= 0.3 is 22.5 Å². The molecule has 0 saturated heterocycles. The van der Waals surface area contributed by atoms with Gasteiger partial charge < -0.3 is 5.11 Å². The second kappa shape index (κ2) is 13.8. The predicted octanol–water partition coefficient (Wildman–Crippen LogP) is 6.04. The standard InChI is InChI=1S/C11H10Cl2N2O.C11H8Cl2N2O.Mn.2O/c2*1-7-4-8(6-16)14-15(7)9-2-3-10(12)11(13)5-9;;;/h2-5,16H,6H2,1H3;2-6H,1H3;;;. The van der Waals surface area contributed by atoms with Crippen LogP contribution in [0, 0.1) is 13.8 Å². The van der Waals surface area contributed by atoms with E-state index in [1.54, 1.807) is 45.8 Å². The van der Waals surface area contributed by atoms with E-state index in [0.717, 1.165) is 22.8 Å². The molecule has 0 radical (unpaired) electrons. The summed E-state index contributed by atoms with van der Waals surface area (Å²) < 4.78 is 20.2. The summed E-state index contributed by atoms with van der Waals surface area (Å²) in [6.07, 6.45) is 0.709. The summed E-state index contributed by atoms with van der Waals surface area (Å²) >= 11 is 22.1. The van der Waals surface area contributed by atoms with Gasteiger partial charge in [-0.15, -0.1) is 0 Å². The van der Waals surface area contributed by atoms with Crippen LogP contribution in [0.25, 0.3) is 11.4 Å². The number of aliphatic hydroxyl groups is 1. The van der Waals surface area contributed by atoms with Gasteiger partial charge in [-0.25, -0.2) is 9.36 Å². The van der Waals surface area contributed by atoms with Gasteiger partial charge in [0.25, 0.3) is 0 Å². The maximum atomic E-state index is 10.6. The van der Waals surface area contributed by atoms with Crippen molar-refractivity contribution in [1.82, 2.24) is 19.6 Å². The molecule has 0 atom stereocenters. The van der Waals surface area contributed by atoms with Crippen LogP contribution in [0.1, 0.15) is 27.6 Å². The van der Waals surface area contributed by atoms with Gasteiger partial charge in [0.15, 0.2) is 6.29 Å². The molecular formula is C22H18Cl4MnN4O4. The number of aliphatic hydroxyl groups excluding tert-OH is 1. The molecule has 185 valence electrons. The topological polar surface area (TPSA) is 107 Å². The third kappa shape index (κ3) is 7.88. The summed E-state index contributed by atoms with van der Waals surface area (Å²) in [5.41, 5.74) is 4.42. The van der Waals surface area contributed by atoms with E-state index >= 15 is 0 Å². The summed E-state index contributed by atoms with van der Waals surface area (Å²) in [6.45, 7) is 3.70. The number of carbonyl (C=O) groups is 1. The van der Waals surface area contributed by atoms with E-state index in [4.69, 9.17) is 59.2 Å². The van der Waals surface area contributed by atoms with Crippen LogP contribution >= 0.6 is 46.4 Å². The molecule has 0 saturated carbocycles. The third-order valence-electron chi connectivity index (χ3n) is 4.42. The molecule has 13 heteroatoms. The number of benzene rings is 2. The van der Waals surface area contributed by atoms with Crippen LogP contribution in [-0.2, 0) is 29.1 Å². The molecule has 4 rings (SSSR count). The van der Waals surface area contributed by atoms with Gasteiger partial charge in [0.1, 0.15) is 5.69 Å². The Morgan fingerprint density at radius 1 is 0.800 bits per heavy atom. The monoisotopic (exact) mass is 597 g/mol. The predicted molar refractivity (Wildman–Crippen MR) is 129 cm³/mol. The number of halogens is 4. The van der Waals surface area contributed by atoms with E-state index in [-0.39, 0.29) is 6.61 Å². The van der Waals surface area contributed by atoms with Crippen LogP contribution in [0.15, 0.2) is 48.5 Å². The van der Waals surface area contributed by atoms with Crippen molar-refractivity contribution in [1.29, 1.82) is 0 Å². The van der Waals surface area contributed by atoms with Crippen molar-refractivity contribution in [3.8, 4) is 11.4 Å². The molecule has 2 heterocycles. The zero-order chi connectivity index (χ0) is 26.1. The molecular weight excluding hydrogens is 581 g/mol. The van der Waals surface area contributed by atoms with Gasteiger partial charge in [0.2, 0.25) is 0 Å². The molecule has 4 aromatic rings. The van der Waals surface area contributed by atoms with Gasteiger partial charge in [-0.05, 0) is 62.4 Å². The number of hydrogen-bond acceptors (Lipinski definition) is 6. The molecule has 2 aromatic heterocycles. The third-order valence-corrected chi connectivity index (χ3v) is 5.90. The summed E-state index contributed by atoms with van der Waals surface area (Å²) in [4.78, 5) is 10.6. The quantitative estimate of drug-likeness (QED) is 0.227. The normalized spacial score (nSPS) is 10.0. The number of aromatic nitrogens is 4. The molecule has 1 N–H and O–H groups in total. The average molecular weight is 599 g/mol. The van der Waals surface area contributed by atoms with Crippen molar-refractivity contribution >= 4 is 52.7 Å². The Kier molecular flexibility index (Phi) is 11.4. The van der Waals surface area contributed by atoms with Gasteiger partial charge in [0, 0.05) is 11.4 Å². The molecule has 0 amide bonds. The number of hydrogen-bond donors (Lipinski definition) is 1. The molecule has 0 unspecified atom stereocenters. The van der Waals surface area contributed by atoms with Crippen LogP contribution in [0.4, 0.5) is 0 Å². The second-order valence-electron chi connectivity index (χ2n) is 6.85. The fourth-order valence-electron chi connectivity index (χ4n) is 2.93. The van der Waals surface area contributed by atoms with Gasteiger partial charge in [-0.3, -0.25) is 4.79 Å². The summed E-state index contributed by atoms with van der Waals surface area (Å²) in [7, 11) is 0. The van der Waals surface area contributed by atoms with E-state index in [2.05, 4.69) is 10.2 Å². The second-order valence-corrected chi connectivity index (χ2v) is 8.67. The number of aldehydes is 1. The number of aryl methyl sites for hydroxylation is 2. The maximum absolute atomic E-state index is 10.6. The van der Waals surface area contributed by atoms with Gasteiger partial charge in [-0.1, -0.05) is 46.4 Å². The van der Waals surface area contributed by atoms with Crippen LogP contribution in [0.2, 0.25) is 20.1 Å². The van der Waals surface area contributed by atoms with Crippen LogP contribution in [-0.4, -0.2) is 31.0 Å². The number of carbonyl (C=O) groups excluding carboxylic acids is 1. The Hall–Kier alpha value is -2.23. The van der Waals surface area contributed by atoms with E-state index < -0.39 is 14.8 Å². The van der Waals surface area contributed by atoms with Crippen molar-refractivity contribution in [2.75, 3.05) is 0 Å². The van der Waals surface area contributed by atoms with E-state index in [1.807, 2.05) is 26.0 Å². The first-order valence-corrected chi connectivity index (χ1v) is 12.1. The van der Waals surface area contributed by atoms with Gasteiger partial charge in [-0.2, -0.15) is 10.2 Å². The van der Waals surface area contributed by atoms with E-state index in [9.17, 15) is 4.79 Å². The Morgan fingerprint density at radius 2 is 1.26 bits per heavy atom. The Balaban J connectivity index is 0.000000222. The van der Waals surface area contributed by atoms with Crippen LogP contribution in [0.3, 0.4) is 0 Å². The number of nitrogens with zero attached hydrogens (tertiary/aromatic N) is 4. The van der Waals surface area contributed by atoms with Crippen molar-refractivity contribution in [3.05, 3.63) is 91.4 Å². The van der Waals surface area contributed by atoms with Gasteiger partial charge in [0.05, 0.1) is 43.8 Å². The molecule has 0 spiro atoms. The minimum atomic E-state index is -1.44. The fraction of sp³-hybridized carbons (Fsp3) is 0.136. The average Bonchev–Trinajstić information content (AvgIpc) is 3.40. The van der Waals surface area contributed by atoms with Crippen LogP contribution in [0.5, 0.6) is 0 Å². The first kappa shape index (κ1) is 29.0. The SMILES string of the molecule is Cc1cc(C=O)nn1-c1ccc(Cl)c(Cl)c1.Cc1cc(CO)nn1-c1ccc(Cl)c(Cl)c1.[O]=[Mn]=[O]. The first-order valence-electron chi connectivity index (χ1n) is 9.63. The van der Waals surface area contributed by atoms with E-state index in [0.29, 0.717) is 37.8 Å².